The van der Waals surface area contributed by atoms with Gasteiger partial charge in [-0.2, -0.15) is 0 Å². The summed E-state index contributed by atoms with van der Waals surface area (Å²) >= 11 is 0. The first-order valence-corrected chi connectivity index (χ1v) is 22.3. The standard InChI is InChI=1S/C63H41N/c1-3-17-42(18-4-1)52-39-34-44-20-8-10-24-51(44)62(52)64(47-35-31-45(32-36-47)50-38-33-43-19-7-9-23-49(43)61(50)46-21-5-2-6-22-46)48-37-40-56-55-27-13-16-30-59(55)63(60(56)41-48)57-28-14-11-25-53(57)54-26-12-15-29-58(54)63/h1-41H. The Kier molecular flexibility index (Phi) is 8.20. The van der Waals surface area contributed by atoms with Crippen molar-refractivity contribution >= 4 is 38.6 Å². The van der Waals surface area contributed by atoms with Gasteiger partial charge in [0.05, 0.1) is 11.1 Å². The quantitative estimate of drug-likeness (QED) is 0.162. The predicted octanol–water partition coefficient (Wildman–Crippen LogP) is 16.8. The summed E-state index contributed by atoms with van der Waals surface area (Å²) in [6.45, 7) is 0. The zero-order valence-corrected chi connectivity index (χ0v) is 35.1. The summed E-state index contributed by atoms with van der Waals surface area (Å²) in [5.41, 5.74) is 20.7. The molecule has 0 amide bonds. The summed E-state index contributed by atoms with van der Waals surface area (Å²) in [5, 5.41) is 4.89. The van der Waals surface area contributed by atoms with Crippen molar-refractivity contribution in [2.45, 2.75) is 5.41 Å². The lowest BCUT2D eigenvalue weighted by Gasteiger charge is -2.33. The minimum atomic E-state index is -0.463. The first kappa shape index (κ1) is 36.4. The number of nitrogens with zero attached hydrogens (tertiary/aromatic N) is 1. The second kappa shape index (κ2) is 14.4. The molecule has 1 nitrogen and oxygen atoms in total. The van der Waals surface area contributed by atoms with Gasteiger partial charge in [-0.05, 0) is 113 Å². The van der Waals surface area contributed by atoms with Gasteiger partial charge in [0.25, 0.3) is 0 Å². The van der Waals surface area contributed by atoms with Gasteiger partial charge in [0, 0.05) is 22.3 Å². The topological polar surface area (TPSA) is 3.24 Å². The summed E-state index contributed by atoms with van der Waals surface area (Å²) in [6, 6.07) is 92.2. The molecule has 0 bridgehead atoms. The zero-order chi connectivity index (χ0) is 42.2. The summed E-state index contributed by atoms with van der Waals surface area (Å²) in [6.07, 6.45) is 0. The Labute approximate surface area is 373 Å². The SMILES string of the molecule is c1ccc(-c2ccc3ccccc3c2N(c2ccc(-c3ccc4ccccc4c3-c3ccccc3)cc2)c2ccc3c(c2)C2(c4ccccc4-c4ccccc42)c2ccccc2-3)cc1. The maximum atomic E-state index is 2.52. The Hall–Kier alpha value is -8.26. The van der Waals surface area contributed by atoms with Gasteiger partial charge in [0.2, 0.25) is 0 Å². The molecule has 0 aromatic heterocycles. The largest absolute Gasteiger partial charge is 0.309 e. The van der Waals surface area contributed by atoms with Gasteiger partial charge in [0.1, 0.15) is 0 Å². The third kappa shape index (κ3) is 5.31. The molecule has 298 valence electrons. The Bertz CT molecular complexity index is 3540. The van der Waals surface area contributed by atoms with E-state index in [2.05, 4.69) is 254 Å². The van der Waals surface area contributed by atoms with Gasteiger partial charge < -0.3 is 4.90 Å². The van der Waals surface area contributed by atoms with Crippen molar-refractivity contribution in [3.05, 3.63) is 271 Å². The number of anilines is 3. The minimum Gasteiger partial charge on any atom is -0.309 e. The molecule has 0 fully saturated rings. The van der Waals surface area contributed by atoms with Crippen molar-refractivity contribution in [1.82, 2.24) is 0 Å². The highest BCUT2D eigenvalue weighted by Crippen LogP contribution is 2.63. The highest BCUT2D eigenvalue weighted by atomic mass is 15.1. The van der Waals surface area contributed by atoms with Crippen LogP contribution in [0.2, 0.25) is 0 Å². The van der Waals surface area contributed by atoms with Crippen LogP contribution in [0.15, 0.2) is 249 Å². The lowest BCUT2D eigenvalue weighted by molar-refractivity contribution is 0.793. The van der Waals surface area contributed by atoms with Crippen molar-refractivity contribution in [2.75, 3.05) is 4.90 Å². The summed E-state index contributed by atoms with van der Waals surface area (Å²) in [7, 11) is 0. The third-order valence-corrected chi connectivity index (χ3v) is 13.9. The monoisotopic (exact) mass is 811 g/mol. The maximum Gasteiger partial charge on any atom is 0.0726 e. The molecule has 1 spiro atoms. The maximum absolute atomic E-state index is 2.52. The molecule has 0 saturated heterocycles. The van der Waals surface area contributed by atoms with Crippen molar-refractivity contribution in [2.24, 2.45) is 0 Å². The van der Waals surface area contributed by atoms with Crippen LogP contribution < -0.4 is 4.90 Å². The second-order valence-corrected chi connectivity index (χ2v) is 17.1. The van der Waals surface area contributed by atoms with Crippen LogP contribution >= 0.6 is 0 Å². The molecule has 1 heteroatoms. The Morgan fingerprint density at radius 2 is 0.703 bits per heavy atom. The van der Waals surface area contributed by atoms with Crippen LogP contribution in [0.4, 0.5) is 17.1 Å². The van der Waals surface area contributed by atoms with Crippen molar-refractivity contribution in [1.29, 1.82) is 0 Å². The fourth-order valence-corrected chi connectivity index (χ4v) is 11.2. The summed E-state index contributed by atoms with van der Waals surface area (Å²) < 4.78 is 0. The molecule has 2 aliphatic carbocycles. The normalized spacial score (nSPS) is 12.8. The first-order valence-electron chi connectivity index (χ1n) is 22.3. The number of benzene rings is 11. The molecule has 0 saturated carbocycles. The van der Waals surface area contributed by atoms with Crippen LogP contribution in [0.25, 0.3) is 77.2 Å². The van der Waals surface area contributed by atoms with E-state index in [9.17, 15) is 0 Å². The molecule has 0 unspecified atom stereocenters. The average molecular weight is 812 g/mol. The van der Waals surface area contributed by atoms with Crippen LogP contribution in [0.1, 0.15) is 22.3 Å². The predicted molar refractivity (Wildman–Crippen MR) is 269 cm³/mol. The van der Waals surface area contributed by atoms with E-state index in [1.165, 1.54) is 99.4 Å². The van der Waals surface area contributed by atoms with Crippen molar-refractivity contribution < 1.29 is 0 Å². The van der Waals surface area contributed by atoms with E-state index in [1.807, 2.05) is 0 Å². The molecule has 2 aliphatic rings. The molecular formula is C63H41N. The summed E-state index contributed by atoms with van der Waals surface area (Å²) in [4.78, 5) is 2.52. The minimum absolute atomic E-state index is 0.463. The van der Waals surface area contributed by atoms with Crippen LogP contribution in [0, 0.1) is 0 Å². The molecule has 0 aliphatic heterocycles. The van der Waals surface area contributed by atoms with Gasteiger partial charge in [-0.25, -0.2) is 0 Å². The van der Waals surface area contributed by atoms with Crippen molar-refractivity contribution in [3.8, 4) is 55.6 Å². The molecule has 0 heterocycles. The molecular weight excluding hydrogens is 771 g/mol. The van der Waals surface area contributed by atoms with E-state index in [0.717, 1.165) is 17.1 Å². The van der Waals surface area contributed by atoms with E-state index < -0.39 is 5.41 Å². The van der Waals surface area contributed by atoms with Crippen LogP contribution in [-0.2, 0) is 5.41 Å². The van der Waals surface area contributed by atoms with Gasteiger partial charge in [-0.1, -0.05) is 224 Å². The van der Waals surface area contributed by atoms with Crippen LogP contribution in [0.5, 0.6) is 0 Å². The van der Waals surface area contributed by atoms with E-state index >= 15 is 0 Å². The van der Waals surface area contributed by atoms with Gasteiger partial charge in [0.15, 0.2) is 0 Å². The Morgan fingerprint density at radius 3 is 1.33 bits per heavy atom. The lowest BCUT2D eigenvalue weighted by atomic mass is 9.70. The molecule has 11 aromatic rings. The summed E-state index contributed by atoms with van der Waals surface area (Å²) in [5.74, 6) is 0. The van der Waals surface area contributed by atoms with Gasteiger partial charge in [-0.15, -0.1) is 0 Å². The fraction of sp³-hybridized carbons (Fsp3) is 0.0159. The van der Waals surface area contributed by atoms with E-state index in [4.69, 9.17) is 0 Å². The smallest absolute Gasteiger partial charge is 0.0726 e. The molecule has 0 atom stereocenters. The number of fused-ring (bicyclic) bond motifs is 12. The lowest BCUT2D eigenvalue weighted by Crippen LogP contribution is -2.26. The molecule has 13 rings (SSSR count). The Morgan fingerprint density at radius 1 is 0.266 bits per heavy atom. The second-order valence-electron chi connectivity index (χ2n) is 17.1. The van der Waals surface area contributed by atoms with Crippen molar-refractivity contribution in [3.63, 3.8) is 0 Å². The zero-order valence-electron chi connectivity index (χ0n) is 35.1. The highest BCUT2D eigenvalue weighted by molar-refractivity contribution is 6.08. The molecule has 0 N–H and O–H groups in total. The third-order valence-electron chi connectivity index (χ3n) is 13.9. The van der Waals surface area contributed by atoms with Crippen LogP contribution in [-0.4, -0.2) is 0 Å². The van der Waals surface area contributed by atoms with E-state index in [0.29, 0.717) is 0 Å². The van der Waals surface area contributed by atoms with Gasteiger partial charge >= 0.3 is 0 Å². The van der Waals surface area contributed by atoms with Crippen LogP contribution in [0.3, 0.4) is 0 Å². The molecule has 64 heavy (non-hydrogen) atoms. The molecule has 0 radical (unpaired) electrons. The average Bonchev–Trinajstić information content (AvgIpc) is 3.84. The highest BCUT2D eigenvalue weighted by Gasteiger charge is 2.51. The number of rotatable bonds is 6. The van der Waals surface area contributed by atoms with E-state index in [-0.39, 0.29) is 0 Å². The van der Waals surface area contributed by atoms with E-state index in [1.54, 1.807) is 0 Å². The Balaban J connectivity index is 1.08. The first-order chi connectivity index (χ1) is 31.8. The van der Waals surface area contributed by atoms with Gasteiger partial charge in [-0.3, -0.25) is 0 Å². The molecule has 11 aromatic carbocycles. The number of hydrogen-bond donors (Lipinski definition) is 0. The fourth-order valence-electron chi connectivity index (χ4n) is 11.2. The number of hydrogen-bond acceptors (Lipinski definition) is 1.